The standard InChI is InChI=1S/C32H59/c1-3-5-7-9-11-13-15-17-19-21-23-25-27-29-31-32-30-28-26-24-22-20-18-16-14-12-10-8-6-4-2/h1,3,5,7,9,11H,4,6,8,10,12-32H2,2H3. The lowest BCUT2D eigenvalue weighted by atomic mass is 10.0. The maximum absolute atomic E-state index is 5.29. The molecule has 0 nitrogen and oxygen atoms in total. The molecule has 0 aliphatic rings. The smallest absolute Gasteiger partial charge is 0.0348 e. The molecule has 0 spiro atoms. The highest BCUT2D eigenvalue weighted by molar-refractivity contribution is 5.07. The third-order valence-corrected chi connectivity index (χ3v) is 6.69. The zero-order valence-electron chi connectivity index (χ0n) is 22.1. The molecule has 1 radical (unpaired) electrons. The van der Waals surface area contributed by atoms with E-state index in [0.717, 1.165) is 0 Å². The molecule has 0 saturated carbocycles. The maximum atomic E-state index is 5.29. The Morgan fingerprint density at radius 3 is 1.00 bits per heavy atom. The molecule has 0 atom stereocenters. The van der Waals surface area contributed by atoms with Crippen molar-refractivity contribution in [1.29, 1.82) is 0 Å². The molecule has 187 valence electrons. The SMILES string of the molecule is [CH]=CC=CC=CCCCCCCCCCCCCCCCCCCCCCCCCCC. The van der Waals surface area contributed by atoms with Gasteiger partial charge in [-0.05, 0) is 12.8 Å². The Bertz CT molecular complexity index is 389. The molecule has 32 heavy (non-hydrogen) atoms. The lowest BCUT2D eigenvalue weighted by Gasteiger charge is -2.04. The van der Waals surface area contributed by atoms with Crippen LogP contribution in [-0.2, 0) is 0 Å². The molecule has 0 aliphatic heterocycles. The van der Waals surface area contributed by atoms with Crippen molar-refractivity contribution in [3.8, 4) is 0 Å². The number of unbranched alkanes of at least 4 members (excludes halogenated alkanes) is 24. The fourth-order valence-electron chi connectivity index (χ4n) is 4.53. The van der Waals surface area contributed by atoms with Crippen LogP contribution in [0.4, 0.5) is 0 Å². The van der Waals surface area contributed by atoms with Crippen LogP contribution >= 0.6 is 0 Å². The van der Waals surface area contributed by atoms with Gasteiger partial charge in [0.2, 0.25) is 0 Å². The van der Waals surface area contributed by atoms with Gasteiger partial charge >= 0.3 is 0 Å². The van der Waals surface area contributed by atoms with Crippen LogP contribution in [0.5, 0.6) is 0 Å². The van der Waals surface area contributed by atoms with Gasteiger partial charge in [-0.15, -0.1) is 0 Å². The van der Waals surface area contributed by atoms with Gasteiger partial charge in [0.15, 0.2) is 0 Å². The number of hydrogen-bond acceptors (Lipinski definition) is 0. The molecule has 0 saturated heterocycles. The monoisotopic (exact) mass is 443 g/mol. The van der Waals surface area contributed by atoms with Crippen molar-refractivity contribution < 1.29 is 0 Å². The normalized spacial score (nSPS) is 11.8. The summed E-state index contributed by atoms with van der Waals surface area (Å²) in [5.41, 5.74) is 0. The van der Waals surface area contributed by atoms with Crippen molar-refractivity contribution in [2.24, 2.45) is 0 Å². The van der Waals surface area contributed by atoms with Crippen LogP contribution in [0, 0.1) is 6.58 Å². The molecular weight excluding hydrogens is 384 g/mol. The van der Waals surface area contributed by atoms with Gasteiger partial charge in [0.1, 0.15) is 0 Å². The van der Waals surface area contributed by atoms with E-state index in [2.05, 4.69) is 19.1 Å². The first-order valence-electron chi connectivity index (χ1n) is 14.8. The van der Waals surface area contributed by atoms with Gasteiger partial charge in [0, 0.05) is 0 Å². The molecule has 0 aromatic carbocycles. The molecule has 0 rings (SSSR count). The molecule has 0 amide bonds. The second-order valence-electron chi connectivity index (χ2n) is 9.93. The zero-order valence-corrected chi connectivity index (χ0v) is 22.1. The minimum Gasteiger partial charge on any atom is -0.0845 e. The van der Waals surface area contributed by atoms with E-state index in [-0.39, 0.29) is 0 Å². The van der Waals surface area contributed by atoms with Crippen molar-refractivity contribution in [2.75, 3.05) is 0 Å². The van der Waals surface area contributed by atoms with Crippen LogP contribution in [0.2, 0.25) is 0 Å². The highest BCUT2D eigenvalue weighted by Crippen LogP contribution is 2.15. The van der Waals surface area contributed by atoms with Crippen molar-refractivity contribution in [1.82, 2.24) is 0 Å². The predicted octanol–water partition coefficient (Wildman–Crippen LogP) is 11.9. The Morgan fingerprint density at radius 2 is 0.688 bits per heavy atom. The Labute approximate surface area is 204 Å². The largest absolute Gasteiger partial charge is 0.0845 e. The lowest BCUT2D eigenvalue weighted by Crippen LogP contribution is -1.84. The topological polar surface area (TPSA) is 0 Å². The van der Waals surface area contributed by atoms with E-state index >= 15 is 0 Å². The van der Waals surface area contributed by atoms with Gasteiger partial charge in [0.25, 0.3) is 0 Å². The number of rotatable bonds is 27. The molecule has 0 aliphatic carbocycles. The first-order valence-corrected chi connectivity index (χ1v) is 14.8. The Hall–Kier alpha value is -0.780. The van der Waals surface area contributed by atoms with Crippen LogP contribution < -0.4 is 0 Å². The number of allylic oxidation sites excluding steroid dienone is 5. The average Bonchev–Trinajstić information content (AvgIpc) is 2.81. The fraction of sp³-hybridized carbons (Fsp3) is 0.812. The Kier molecular flexibility index (Phi) is 29.5. The van der Waals surface area contributed by atoms with Crippen LogP contribution in [0.3, 0.4) is 0 Å². The quantitative estimate of drug-likeness (QED) is 0.0874. The van der Waals surface area contributed by atoms with Gasteiger partial charge in [-0.3, -0.25) is 0 Å². The van der Waals surface area contributed by atoms with E-state index in [1.54, 1.807) is 6.08 Å². The summed E-state index contributed by atoms with van der Waals surface area (Å²) in [4.78, 5) is 0. The minimum absolute atomic E-state index is 1.20. The summed E-state index contributed by atoms with van der Waals surface area (Å²) in [5.74, 6) is 0. The second kappa shape index (κ2) is 30.2. The summed E-state index contributed by atoms with van der Waals surface area (Å²) in [6, 6.07) is 0. The molecule has 0 bridgehead atoms. The Morgan fingerprint density at radius 1 is 0.375 bits per heavy atom. The molecular formula is C32H59. The molecule has 0 heteroatoms. The summed E-state index contributed by atoms with van der Waals surface area (Å²) in [7, 11) is 0. The molecule has 0 heterocycles. The molecule has 0 aromatic rings. The van der Waals surface area contributed by atoms with E-state index in [1.165, 1.54) is 161 Å². The highest BCUT2D eigenvalue weighted by atomic mass is 14.0. The lowest BCUT2D eigenvalue weighted by molar-refractivity contribution is 0.517. The van der Waals surface area contributed by atoms with E-state index in [1.807, 2.05) is 12.2 Å². The van der Waals surface area contributed by atoms with Crippen molar-refractivity contribution in [3.05, 3.63) is 37.0 Å². The molecule has 0 aromatic heterocycles. The molecule has 0 unspecified atom stereocenters. The van der Waals surface area contributed by atoms with Crippen molar-refractivity contribution >= 4 is 0 Å². The van der Waals surface area contributed by atoms with Crippen LogP contribution in [0.25, 0.3) is 0 Å². The second-order valence-corrected chi connectivity index (χ2v) is 9.93. The molecule has 0 N–H and O–H groups in total. The van der Waals surface area contributed by atoms with Crippen LogP contribution in [-0.4, -0.2) is 0 Å². The first-order chi connectivity index (χ1) is 15.9. The van der Waals surface area contributed by atoms with Gasteiger partial charge in [0.05, 0.1) is 0 Å². The fourth-order valence-corrected chi connectivity index (χ4v) is 4.53. The first kappa shape index (κ1) is 31.2. The third kappa shape index (κ3) is 29.2. The Balaban J connectivity index is 3.04. The van der Waals surface area contributed by atoms with Gasteiger partial charge in [-0.1, -0.05) is 192 Å². The highest BCUT2D eigenvalue weighted by Gasteiger charge is 1.96. The summed E-state index contributed by atoms with van der Waals surface area (Å²) < 4.78 is 0. The van der Waals surface area contributed by atoms with Crippen LogP contribution in [0.1, 0.15) is 167 Å². The van der Waals surface area contributed by atoms with E-state index in [0.29, 0.717) is 0 Å². The summed E-state index contributed by atoms with van der Waals surface area (Å²) >= 11 is 0. The van der Waals surface area contributed by atoms with E-state index in [9.17, 15) is 0 Å². The van der Waals surface area contributed by atoms with Gasteiger partial charge < -0.3 is 0 Å². The van der Waals surface area contributed by atoms with Gasteiger partial charge in [-0.25, -0.2) is 0 Å². The molecule has 0 fully saturated rings. The number of hydrogen-bond donors (Lipinski definition) is 0. The summed E-state index contributed by atoms with van der Waals surface area (Å²) in [6.45, 7) is 7.59. The van der Waals surface area contributed by atoms with Crippen LogP contribution in [0.15, 0.2) is 30.4 Å². The van der Waals surface area contributed by atoms with Crippen molar-refractivity contribution in [2.45, 2.75) is 167 Å². The van der Waals surface area contributed by atoms with E-state index < -0.39 is 0 Å². The maximum Gasteiger partial charge on any atom is -0.0348 e. The van der Waals surface area contributed by atoms with E-state index in [4.69, 9.17) is 6.58 Å². The zero-order chi connectivity index (χ0) is 23.2. The summed E-state index contributed by atoms with van der Waals surface area (Å²) in [6.07, 6.45) is 45.9. The predicted molar refractivity (Wildman–Crippen MR) is 148 cm³/mol. The average molecular weight is 444 g/mol. The summed E-state index contributed by atoms with van der Waals surface area (Å²) in [5, 5.41) is 0. The van der Waals surface area contributed by atoms with Crippen molar-refractivity contribution in [3.63, 3.8) is 0 Å². The minimum atomic E-state index is 1.20. The third-order valence-electron chi connectivity index (χ3n) is 6.69. The van der Waals surface area contributed by atoms with Gasteiger partial charge in [-0.2, -0.15) is 0 Å².